The Balaban J connectivity index is 1.15. The molecule has 3 nitrogen and oxygen atoms in total. The topological polar surface area (TPSA) is 32.3 Å². The molecule has 26 heavy (non-hydrogen) atoms. The zero-order valence-corrected chi connectivity index (χ0v) is 15.8. The standard InChI is InChI=1S/C23H32N2O/c26-23(22-20-10-18-9-19(12-20)13-21(22)11-18)24-14-16-3-5-17(6-4-16)15-25-7-1-2-8-25/h3-6,18-22H,1-2,7-15H2,(H,24,26). The number of rotatable bonds is 5. The third-order valence-electron chi connectivity index (χ3n) is 7.62. The van der Waals surface area contributed by atoms with Crippen molar-refractivity contribution in [3.8, 4) is 0 Å². The Morgan fingerprint density at radius 2 is 1.46 bits per heavy atom. The first-order chi connectivity index (χ1) is 12.7. The quantitative estimate of drug-likeness (QED) is 0.869. The first-order valence-electron chi connectivity index (χ1n) is 10.8. The minimum atomic E-state index is 0.303. The minimum Gasteiger partial charge on any atom is -0.352 e. The first kappa shape index (κ1) is 16.8. The highest BCUT2D eigenvalue weighted by Crippen LogP contribution is 2.56. The molecule has 0 aromatic heterocycles. The number of carbonyl (C=O) groups excluding carboxylic acids is 1. The van der Waals surface area contributed by atoms with Crippen LogP contribution < -0.4 is 5.32 Å². The summed E-state index contributed by atoms with van der Waals surface area (Å²) in [7, 11) is 0. The van der Waals surface area contributed by atoms with Gasteiger partial charge < -0.3 is 5.32 Å². The van der Waals surface area contributed by atoms with E-state index in [0.29, 0.717) is 30.2 Å². The molecule has 1 aliphatic heterocycles. The Kier molecular flexibility index (Phi) is 4.52. The van der Waals surface area contributed by atoms with Gasteiger partial charge in [-0.15, -0.1) is 0 Å². The Bertz CT molecular complexity index is 619. The molecule has 0 spiro atoms. The van der Waals surface area contributed by atoms with Crippen LogP contribution in [-0.4, -0.2) is 23.9 Å². The van der Waals surface area contributed by atoms with Gasteiger partial charge in [0.05, 0.1) is 0 Å². The summed E-state index contributed by atoms with van der Waals surface area (Å²) in [6, 6.07) is 8.87. The molecule has 5 fully saturated rings. The average Bonchev–Trinajstić information content (AvgIpc) is 3.13. The third-order valence-corrected chi connectivity index (χ3v) is 7.62. The van der Waals surface area contributed by atoms with Crippen LogP contribution in [0.4, 0.5) is 0 Å². The summed E-state index contributed by atoms with van der Waals surface area (Å²) in [6.45, 7) is 4.23. The number of hydrogen-bond acceptors (Lipinski definition) is 2. The van der Waals surface area contributed by atoms with Crippen LogP contribution in [0, 0.1) is 29.6 Å². The number of benzene rings is 1. The van der Waals surface area contributed by atoms with E-state index in [-0.39, 0.29) is 0 Å². The van der Waals surface area contributed by atoms with Crippen LogP contribution in [0.3, 0.4) is 0 Å². The van der Waals surface area contributed by atoms with Crippen LogP contribution in [0.25, 0.3) is 0 Å². The molecule has 4 aliphatic carbocycles. The van der Waals surface area contributed by atoms with E-state index in [2.05, 4.69) is 34.5 Å². The second-order valence-electron chi connectivity index (χ2n) is 9.47. The van der Waals surface area contributed by atoms with Crippen molar-refractivity contribution in [3.63, 3.8) is 0 Å². The average molecular weight is 353 g/mol. The lowest BCUT2D eigenvalue weighted by Gasteiger charge is -2.53. The number of nitrogens with zero attached hydrogens (tertiary/aromatic N) is 1. The summed E-state index contributed by atoms with van der Waals surface area (Å²) in [4.78, 5) is 15.4. The van der Waals surface area contributed by atoms with Crippen LogP contribution >= 0.6 is 0 Å². The predicted molar refractivity (Wildman–Crippen MR) is 103 cm³/mol. The SMILES string of the molecule is O=C(NCc1ccc(CN2CCCC2)cc1)C1C2CC3CC(C2)CC1C3. The molecule has 4 saturated carbocycles. The summed E-state index contributed by atoms with van der Waals surface area (Å²) in [6.07, 6.45) is 9.40. The fourth-order valence-electron chi connectivity index (χ4n) is 6.62. The molecule has 1 amide bonds. The van der Waals surface area contributed by atoms with Crippen LogP contribution in [-0.2, 0) is 17.9 Å². The molecule has 3 heteroatoms. The lowest BCUT2D eigenvalue weighted by molar-refractivity contribution is -0.138. The van der Waals surface area contributed by atoms with Gasteiger partial charge in [-0.1, -0.05) is 24.3 Å². The molecule has 140 valence electrons. The van der Waals surface area contributed by atoms with Crippen LogP contribution in [0.1, 0.15) is 56.1 Å². The van der Waals surface area contributed by atoms with Crippen molar-refractivity contribution in [3.05, 3.63) is 35.4 Å². The zero-order chi connectivity index (χ0) is 17.5. The van der Waals surface area contributed by atoms with Crippen molar-refractivity contribution in [1.29, 1.82) is 0 Å². The van der Waals surface area contributed by atoms with E-state index in [1.165, 1.54) is 69.2 Å². The normalized spacial score (nSPS) is 35.8. The molecule has 6 rings (SSSR count). The second kappa shape index (κ2) is 6.99. The number of amides is 1. The Labute approximate surface area is 157 Å². The summed E-state index contributed by atoms with van der Waals surface area (Å²) in [5, 5.41) is 3.27. The van der Waals surface area contributed by atoms with Crippen molar-refractivity contribution in [2.45, 2.75) is 58.0 Å². The van der Waals surface area contributed by atoms with Gasteiger partial charge in [-0.2, -0.15) is 0 Å². The Morgan fingerprint density at radius 1 is 0.885 bits per heavy atom. The fourth-order valence-corrected chi connectivity index (χ4v) is 6.62. The van der Waals surface area contributed by atoms with Crippen LogP contribution in [0.2, 0.25) is 0 Å². The monoisotopic (exact) mass is 352 g/mol. The Hall–Kier alpha value is -1.35. The lowest BCUT2D eigenvalue weighted by atomic mass is 9.51. The van der Waals surface area contributed by atoms with E-state index in [0.717, 1.165) is 18.4 Å². The van der Waals surface area contributed by atoms with Gasteiger partial charge in [0.15, 0.2) is 0 Å². The molecule has 5 aliphatic rings. The van der Waals surface area contributed by atoms with Crippen LogP contribution in [0.15, 0.2) is 24.3 Å². The van der Waals surface area contributed by atoms with E-state index < -0.39 is 0 Å². The maximum atomic E-state index is 12.9. The zero-order valence-electron chi connectivity index (χ0n) is 15.8. The summed E-state index contributed by atoms with van der Waals surface area (Å²) < 4.78 is 0. The second-order valence-corrected chi connectivity index (χ2v) is 9.47. The maximum Gasteiger partial charge on any atom is 0.223 e. The molecule has 4 bridgehead atoms. The highest BCUT2D eigenvalue weighted by atomic mass is 16.1. The van der Waals surface area contributed by atoms with Crippen molar-refractivity contribution in [2.75, 3.05) is 13.1 Å². The van der Waals surface area contributed by atoms with Crippen LogP contribution in [0.5, 0.6) is 0 Å². The van der Waals surface area contributed by atoms with E-state index >= 15 is 0 Å². The van der Waals surface area contributed by atoms with Crippen molar-refractivity contribution >= 4 is 5.91 Å². The Morgan fingerprint density at radius 3 is 2.08 bits per heavy atom. The molecular weight excluding hydrogens is 320 g/mol. The van der Waals surface area contributed by atoms with Crippen molar-refractivity contribution in [2.24, 2.45) is 29.6 Å². The molecular formula is C23H32N2O. The molecule has 1 N–H and O–H groups in total. The molecule has 1 heterocycles. The maximum absolute atomic E-state index is 12.9. The van der Waals surface area contributed by atoms with Gasteiger partial charge in [0.2, 0.25) is 5.91 Å². The van der Waals surface area contributed by atoms with Crippen molar-refractivity contribution in [1.82, 2.24) is 10.2 Å². The molecule has 0 radical (unpaired) electrons. The van der Waals surface area contributed by atoms with Gasteiger partial charge >= 0.3 is 0 Å². The predicted octanol–water partition coefficient (Wildman–Crippen LogP) is 3.97. The summed E-state index contributed by atoms with van der Waals surface area (Å²) in [5.74, 6) is 3.86. The summed E-state index contributed by atoms with van der Waals surface area (Å²) >= 11 is 0. The number of nitrogens with one attached hydrogen (secondary N) is 1. The molecule has 0 unspecified atom stereocenters. The highest BCUT2D eigenvalue weighted by Gasteiger charge is 2.50. The smallest absolute Gasteiger partial charge is 0.223 e. The van der Waals surface area contributed by atoms with E-state index in [1.54, 1.807) is 0 Å². The molecule has 0 atom stereocenters. The molecule has 1 aromatic rings. The molecule has 1 saturated heterocycles. The van der Waals surface area contributed by atoms with Gasteiger partial charge in [-0.3, -0.25) is 9.69 Å². The third kappa shape index (κ3) is 3.31. The van der Waals surface area contributed by atoms with Gasteiger partial charge in [-0.25, -0.2) is 0 Å². The van der Waals surface area contributed by atoms with Gasteiger partial charge in [0.25, 0.3) is 0 Å². The number of likely N-dealkylation sites (tertiary alicyclic amines) is 1. The largest absolute Gasteiger partial charge is 0.352 e. The minimum absolute atomic E-state index is 0.303. The van der Waals surface area contributed by atoms with Gasteiger partial charge in [0, 0.05) is 19.0 Å². The van der Waals surface area contributed by atoms with E-state index in [1.807, 2.05) is 0 Å². The fraction of sp³-hybridized carbons (Fsp3) is 0.696. The van der Waals surface area contributed by atoms with Gasteiger partial charge in [-0.05, 0) is 92.8 Å². The number of carbonyl (C=O) groups is 1. The lowest BCUT2D eigenvalue weighted by Crippen LogP contribution is -2.50. The van der Waals surface area contributed by atoms with Crippen molar-refractivity contribution < 1.29 is 4.79 Å². The molecule has 1 aromatic carbocycles. The highest BCUT2D eigenvalue weighted by molar-refractivity contribution is 5.79. The first-order valence-corrected chi connectivity index (χ1v) is 10.8. The summed E-state index contributed by atoms with van der Waals surface area (Å²) in [5.41, 5.74) is 2.62. The van der Waals surface area contributed by atoms with Gasteiger partial charge in [0.1, 0.15) is 0 Å². The van der Waals surface area contributed by atoms with E-state index in [9.17, 15) is 4.79 Å². The number of hydrogen-bond donors (Lipinski definition) is 1. The van der Waals surface area contributed by atoms with E-state index in [4.69, 9.17) is 0 Å².